The third-order valence-corrected chi connectivity index (χ3v) is 4.68. The summed E-state index contributed by atoms with van der Waals surface area (Å²) in [5.74, 6) is 0.536. The van der Waals surface area contributed by atoms with E-state index < -0.39 is 0 Å². The van der Waals surface area contributed by atoms with Crippen molar-refractivity contribution in [1.29, 1.82) is 0 Å². The third kappa shape index (κ3) is 5.69. The quantitative estimate of drug-likeness (QED) is 0.612. The van der Waals surface area contributed by atoms with Crippen molar-refractivity contribution in [3.8, 4) is 0 Å². The lowest BCUT2D eigenvalue weighted by atomic mass is 10.2. The Morgan fingerprint density at radius 2 is 1.93 bits per heavy atom. The highest BCUT2D eigenvalue weighted by molar-refractivity contribution is 7.09. The minimum Gasteiger partial charge on any atom is -0.467 e. The first-order chi connectivity index (χ1) is 13.1. The van der Waals surface area contributed by atoms with Gasteiger partial charge < -0.3 is 14.6 Å². The lowest BCUT2D eigenvalue weighted by molar-refractivity contribution is -0.127. The Morgan fingerprint density at radius 3 is 2.56 bits per heavy atom. The number of anilines is 1. The molecule has 1 N–H and O–H groups in total. The largest absolute Gasteiger partial charge is 0.467 e. The average molecular weight is 380 g/mol. The van der Waals surface area contributed by atoms with Gasteiger partial charge in [-0.25, -0.2) is 0 Å². The number of amides is 2. The van der Waals surface area contributed by atoms with E-state index in [0.29, 0.717) is 13.1 Å². The summed E-state index contributed by atoms with van der Waals surface area (Å²) in [7, 11) is 0. The highest BCUT2D eigenvalue weighted by Gasteiger charge is 2.14. The molecule has 0 aliphatic heterocycles. The molecule has 5 nitrogen and oxygen atoms in total. The Labute approximate surface area is 161 Å². The molecule has 0 atom stereocenters. The molecule has 0 aliphatic rings. The number of carbonyl (C=O) groups is 2. The van der Waals surface area contributed by atoms with E-state index >= 15 is 0 Å². The summed E-state index contributed by atoms with van der Waals surface area (Å²) < 4.78 is 5.39. The van der Waals surface area contributed by atoms with Crippen LogP contribution in [0.4, 0.5) is 5.69 Å². The number of rotatable bonds is 7. The maximum absolute atomic E-state index is 12.7. The van der Waals surface area contributed by atoms with Crippen LogP contribution in [0.15, 0.2) is 70.7 Å². The Morgan fingerprint density at radius 1 is 1.11 bits per heavy atom. The molecule has 138 valence electrons. The topological polar surface area (TPSA) is 62.6 Å². The summed E-state index contributed by atoms with van der Waals surface area (Å²) in [6, 6.07) is 15.0. The van der Waals surface area contributed by atoms with E-state index in [1.165, 1.54) is 6.92 Å². The smallest absolute Gasteiger partial charge is 0.247 e. The molecule has 1 aromatic carbocycles. The van der Waals surface area contributed by atoms with Crippen LogP contribution in [0.25, 0.3) is 6.08 Å². The Bertz CT molecular complexity index is 861. The molecule has 0 saturated heterocycles. The molecule has 3 aromatic rings. The molecule has 2 heterocycles. The third-order valence-electron chi connectivity index (χ3n) is 3.81. The highest BCUT2D eigenvalue weighted by Crippen LogP contribution is 2.16. The van der Waals surface area contributed by atoms with E-state index in [1.54, 1.807) is 46.8 Å². The van der Waals surface area contributed by atoms with E-state index in [4.69, 9.17) is 4.42 Å². The molecular formula is C21H20N2O3S. The van der Waals surface area contributed by atoms with Gasteiger partial charge in [-0.2, -0.15) is 0 Å². The van der Waals surface area contributed by atoms with Crippen molar-refractivity contribution in [2.45, 2.75) is 20.0 Å². The zero-order valence-corrected chi connectivity index (χ0v) is 15.7. The second kappa shape index (κ2) is 9.00. The van der Waals surface area contributed by atoms with E-state index in [-0.39, 0.29) is 11.8 Å². The standard InChI is InChI=1S/C21H20N2O3S/c1-16(24)22-18-9-6-17(7-10-18)8-11-21(25)23(14-19-4-2-12-26-19)15-20-5-3-13-27-20/h2-13H,14-15H2,1H3,(H,22,24)/b11-8+. The van der Waals surface area contributed by atoms with Crippen molar-refractivity contribution < 1.29 is 14.0 Å². The highest BCUT2D eigenvalue weighted by atomic mass is 32.1. The van der Waals surface area contributed by atoms with Crippen LogP contribution < -0.4 is 5.32 Å². The first-order valence-electron chi connectivity index (χ1n) is 8.49. The predicted molar refractivity (Wildman–Crippen MR) is 107 cm³/mol. The van der Waals surface area contributed by atoms with Crippen molar-refractivity contribution in [3.05, 3.63) is 82.5 Å². The van der Waals surface area contributed by atoms with Gasteiger partial charge in [-0.1, -0.05) is 18.2 Å². The second-order valence-corrected chi connectivity index (χ2v) is 7.02. The van der Waals surface area contributed by atoms with Crippen LogP contribution in [0, 0.1) is 0 Å². The van der Waals surface area contributed by atoms with Gasteiger partial charge in [0.1, 0.15) is 5.76 Å². The molecule has 0 fully saturated rings. The number of benzene rings is 1. The minimum atomic E-state index is -0.115. The van der Waals surface area contributed by atoms with Crippen molar-refractivity contribution in [1.82, 2.24) is 4.90 Å². The van der Waals surface area contributed by atoms with Crippen LogP contribution in [0.1, 0.15) is 23.1 Å². The van der Waals surface area contributed by atoms with E-state index in [1.807, 2.05) is 41.8 Å². The number of carbonyl (C=O) groups excluding carboxylic acids is 2. The van der Waals surface area contributed by atoms with Gasteiger partial charge in [0.05, 0.1) is 19.4 Å². The molecular weight excluding hydrogens is 360 g/mol. The van der Waals surface area contributed by atoms with Crippen molar-refractivity contribution >= 4 is 34.9 Å². The fourth-order valence-corrected chi connectivity index (χ4v) is 3.27. The SMILES string of the molecule is CC(=O)Nc1ccc(/C=C/C(=O)N(Cc2ccco2)Cc2cccs2)cc1. The predicted octanol–water partition coefficient (Wildman–Crippen LogP) is 4.54. The summed E-state index contributed by atoms with van der Waals surface area (Å²) in [6.07, 6.45) is 4.93. The number of thiophene rings is 1. The number of hydrogen-bond acceptors (Lipinski definition) is 4. The molecule has 0 radical (unpaired) electrons. The summed E-state index contributed by atoms with van der Waals surface area (Å²) in [5, 5.41) is 4.71. The normalized spacial score (nSPS) is 10.9. The van der Waals surface area contributed by atoms with Crippen LogP contribution in [-0.4, -0.2) is 16.7 Å². The fraction of sp³-hybridized carbons (Fsp3) is 0.143. The zero-order chi connectivity index (χ0) is 19.1. The monoisotopic (exact) mass is 380 g/mol. The van der Waals surface area contributed by atoms with Gasteiger partial charge in [-0.05, 0) is 47.4 Å². The minimum absolute atomic E-state index is 0.0919. The molecule has 0 spiro atoms. The lowest BCUT2D eigenvalue weighted by Crippen LogP contribution is -2.27. The van der Waals surface area contributed by atoms with Gasteiger partial charge in [0, 0.05) is 23.6 Å². The summed E-state index contributed by atoms with van der Waals surface area (Å²) in [6.45, 7) is 2.41. The van der Waals surface area contributed by atoms with Crippen LogP contribution in [-0.2, 0) is 22.7 Å². The van der Waals surface area contributed by atoms with Crippen LogP contribution in [0.2, 0.25) is 0 Å². The van der Waals surface area contributed by atoms with Gasteiger partial charge in [-0.3, -0.25) is 9.59 Å². The Hall–Kier alpha value is -3.12. The molecule has 0 bridgehead atoms. The number of furan rings is 1. The lowest BCUT2D eigenvalue weighted by Gasteiger charge is -2.19. The average Bonchev–Trinajstić information content (AvgIpc) is 3.34. The fourth-order valence-electron chi connectivity index (χ4n) is 2.55. The van der Waals surface area contributed by atoms with Crippen LogP contribution in [0.5, 0.6) is 0 Å². The molecule has 2 aromatic heterocycles. The second-order valence-electron chi connectivity index (χ2n) is 5.99. The van der Waals surface area contributed by atoms with E-state index in [0.717, 1.165) is 21.9 Å². The maximum atomic E-state index is 12.7. The summed E-state index contributed by atoms with van der Waals surface area (Å²) in [5.41, 5.74) is 1.61. The van der Waals surface area contributed by atoms with Crippen molar-refractivity contribution in [2.75, 3.05) is 5.32 Å². The maximum Gasteiger partial charge on any atom is 0.247 e. The first kappa shape index (κ1) is 18.7. The number of nitrogens with zero attached hydrogens (tertiary/aromatic N) is 1. The summed E-state index contributed by atoms with van der Waals surface area (Å²) >= 11 is 1.62. The van der Waals surface area contributed by atoms with Gasteiger partial charge in [0.2, 0.25) is 11.8 Å². The van der Waals surface area contributed by atoms with E-state index in [9.17, 15) is 9.59 Å². The summed E-state index contributed by atoms with van der Waals surface area (Å²) in [4.78, 5) is 26.7. The molecule has 0 aliphatic carbocycles. The Balaban J connectivity index is 1.69. The number of nitrogens with one attached hydrogen (secondary N) is 1. The molecule has 3 rings (SSSR count). The zero-order valence-electron chi connectivity index (χ0n) is 14.9. The first-order valence-corrected chi connectivity index (χ1v) is 9.37. The van der Waals surface area contributed by atoms with Crippen molar-refractivity contribution in [2.24, 2.45) is 0 Å². The molecule has 2 amide bonds. The van der Waals surface area contributed by atoms with Gasteiger partial charge in [0.25, 0.3) is 0 Å². The van der Waals surface area contributed by atoms with Crippen LogP contribution >= 0.6 is 11.3 Å². The van der Waals surface area contributed by atoms with Gasteiger partial charge in [-0.15, -0.1) is 11.3 Å². The molecule has 0 saturated carbocycles. The number of hydrogen-bond donors (Lipinski definition) is 1. The van der Waals surface area contributed by atoms with E-state index in [2.05, 4.69) is 5.32 Å². The molecule has 27 heavy (non-hydrogen) atoms. The van der Waals surface area contributed by atoms with Crippen LogP contribution in [0.3, 0.4) is 0 Å². The molecule has 0 unspecified atom stereocenters. The van der Waals surface area contributed by atoms with Gasteiger partial charge in [0.15, 0.2) is 0 Å². The van der Waals surface area contributed by atoms with Gasteiger partial charge >= 0.3 is 0 Å². The Kier molecular flexibility index (Phi) is 6.22. The molecule has 6 heteroatoms. The van der Waals surface area contributed by atoms with Crippen molar-refractivity contribution in [3.63, 3.8) is 0 Å².